The SMILES string of the molecule is O=C(O)Cc1csc2cc(-c3cccc(F)c3)cn12. The second-order valence-electron chi connectivity index (χ2n) is 4.24. The fraction of sp³-hybridized carbons (Fsp3) is 0.0714. The largest absolute Gasteiger partial charge is 0.481 e. The number of carboxylic acid groups (broad SMARTS) is 1. The lowest BCUT2D eigenvalue weighted by atomic mass is 10.1. The summed E-state index contributed by atoms with van der Waals surface area (Å²) in [5, 5.41) is 10.7. The lowest BCUT2D eigenvalue weighted by Crippen LogP contribution is -2.01. The summed E-state index contributed by atoms with van der Waals surface area (Å²) in [6, 6.07) is 8.30. The van der Waals surface area contributed by atoms with Crippen LogP contribution >= 0.6 is 11.3 Å². The Labute approximate surface area is 112 Å². The first kappa shape index (κ1) is 11.9. The van der Waals surface area contributed by atoms with E-state index in [1.807, 2.05) is 28.1 Å². The molecule has 0 saturated heterocycles. The van der Waals surface area contributed by atoms with E-state index in [4.69, 9.17) is 5.11 Å². The molecule has 0 amide bonds. The number of aromatic nitrogens is 1. The fourth-order valence-corrected chi connectivity index (χ4v) is 2.98. The van der Waals surface area contributed by atoms with Gasteiger partial charge in [0.2, 0.25) is 0 Å². The van der Waals surface area contributed by atoms with Crippen molar-refractivity contribution in [3.8, 4) is 11.1 Å². The van der Waals surface area contributed by atoms with Crippen LogP contribution in [0.4, 0.5) is 4.39 Å². The van der Waals surface area contributed by atoms with E-state index in [9.17, 15) is 9.18 Å². The maximum atomic E-state index is 13.2. The number of fused-ring (bicyclic) bond motifs is 1. The second kappa shape index (κ2) is 4.51. The van der Waals surface area contributed by atoms with E-state index in [0.29, 0.717) is 0 Å². The van der Waals surface area contributed by atoms with E-state index in [-0.39, 0.29) is 12.2 Å². The highest BCUT2D eigenvalue weighted by molar-refractivity contribution is 7.15. The van der Waals surface area contributed by atoms with Gasteiger partial charge < -0.3 is 9.51 Å². The maximum Gasteiger partial charge on any atom is 0.309 e. The van der Waals surface area contributed by atoms with Crippen molar-refractivity contribution in [3.05, 3.63) is 53.4 Å². The molecule has 0 radical (unpaired) electrons. The van der Waals surface area contributed by atoms with Crippen LogP contribution in [0, 0.1) is 5.82 Å². The van der Waals surface area contributed by atoms with Gasteiger partial charge in [-0.05, 0) is 23.8 Å². The molecule has 0 atom stereocenters. The van der Waals surface area contributed by atoms with Crippen LogP contribution in [0.3, 0.4) is 0 Å². The predicted octanol–water partition coefficient (Wildman–Crippen LogP) is 3.43. The Hall–Kier alpha value is -2.14. The van der Waals surface area contributed by atoms with E-state index in [1.165, 1.54) is 23.5 Å². The molecule has 0 aliphatic carbocycles. The first-order valence-electron chi connectivity index (χ1n) is 5.70. The summed E-state index contributed by atoms with van der Waals surface area (Å²) in [5.41, 5.74) is 2.41. The van der Waals surface area contributed by atoms with Crippen LogP contribution in [0.2, 0.25) is 0 Å². The summed E-state index contributed by atoms with van der Waals surface area (Å²) in [4.78, 5) is 11.7. The molecule has 2 heterocycles. The highest BCUT2D eigenvalue weighted by Crippen LogP contribution is 2.27. The Morgan fingerprint density at radius 2 is 2.16 bits per heavy atom. The molecule has 0 bridgehead atoms. The minimum atomic E-state index is -0.860. The molecule has 3 aromatic rings. The molecule has 0 saturated carbocycles. The van der Waals surface area contributed by atoms with E-state index in [0.717, 1.165) is 21.7 Å². The van der Waals surface area contributed by atoms with Crippen molar-refractivity contribution in [2.24, 2.45) is 0 Å². The smallest absolute Gasteiger partial charge is 0.309 e. The van der Waals surface area contributed by atoms with Crippen LogP contribution in [-0.4, -0.2) is 15.5 Å². The third-order valence-corrected chi connectivity index (χ3v) is 3.85. The first-order valence-corrected chi connectivity index (χ1v) is 6.57. The summed E-state index contributed by atoms with van der Waals surface area (Å²) in [7, 11) is 0. The standard InChI is InChI=1S/C14H10FNO2S/c15-11-3-1-2-9(4-11)10-5-13-16(7-10)12(8-19-13)6-14(17)18/h1-5,7-8H,6H2,(H,17,18). The van der Waals surface area contributed by atoms with Gasteiger partial charge in [0.1, 0.15) is 5.82 Å². The van der Waals surface area contributed by atoms with Gasteiger partial charge in [-0.15, -0.1) is 11.3 Å². The first-order chi connectivity index (χ1) is 9.13. The number of hydrogen-bond donors (Lipinski definition) is 1. The van der Waals surface area contributed by atoms with Gasteiger partial charge >= 0.3 is 5.97 Å². The predicted molar refractivity (Wildman–Crippen MR) is 72.0 cm³/mol. The topological polar surface area (TPSA) is 41.7 Å². The van der Waals surface area contributed by atoms with Crippen LogP contribution in [0.15, 0.2) is 41.9 Å². The highest BCUT2D eigenvalue weighted by Gasteiger charge is 2.10. The molecule has 0 aliphatic heterocycles. The highest BCUT2D eigenvalue weighted by atomic mass is 32.1. The van der Waals surface area contributed by atoms with Gasteiger partial charge in [0.15, 0.2) is 0 Å². The van der Waals surface area contributed by atoms with Crippen molar-refractivity contribution >= 4 is 22.1 Å². The number of nitrogens with zero attached hydrogens (tertiary/aromatic N) is 1. The Kier molecular flexibility index (Phi) is 2.83. The lowest BCUT2D eigenvalue weighted by molar-refractivity contribution is -0.136. The maximum absolute atomic E-state index is 13.2. The number of thiazole rings is 1. The van der Waals surface area contributed by atoms with E-state index < -0.39 is 5.97 Å². The zero-order valence-electron chi connectivity index (χ0n) is 9.84. The molecule has 0 spiro atoms. The van der Waals surface area contributed by atoms with Crippen LogP contribution in [0.5, 0.6) is 0 Å². The number of rotatable bonds is 3. The third-order valence-electron chi connectivity index (χ3n) is 2.90. The minimum absolute atomic E-state index is 0.0166. The minimum Gasteiger partial charge on any atom is -0.481 e. The normalized spacial score (nSPS) is 11.0. The van der Waals surface area contributed by atoms with Crippen molar-refractivity contribution in [1.82, 2.24) is 4.40 Å². The van der Waals surface area contributed by atoms with Crippen molar-refractivity contribution in [1.29, 1.82) is 0 Å². The number of hydrogen-bond acceptors (Lipinski definition) is 2. The van der Waals surface area contributed by atoms with Crippen molar-refractivity contribution in [3.63, 3.8) is 0 Å². The summed E-state index contributed by atoms with van der Waals surface area (Å²) in [5.74, 6) is -1.14. The van der Waals surface area contributed by atoms with Crippen LogP contribution in [0.1, 0.15) is 5.69 Å². The van der Waals surface area contributed by atoms with Gasteiger partial charge in [0, 0.05) is 22.8 Å². The van der Waals surface area contributed by atoms with Gasteiger partial charge in [0.05, 0.1) is 11.3 Å². The van der Waals surface area contributed by atoms with Crippen molar-refractivity contribution < 1.29 is 14.3 Å². The third kappa shape index (κ3) is 2.24. The average Bonchev–Trinajstić information content (AvgIpc) is 2.91. The van der Waals surface area contributed by atoms with Gasteiger partial charge in [-0.25, -0.2) is 4.39 Å². The summed E-state index contributed by atoms with van der Waals surface area (Å²) >= 11 is 1.48. The van der Waals surface area contributed by atoms with Crippen LogP contribution < -0.4 is 0 Å². The van der Waals surface area contributed by atoms with Gasteiger partial charge in [-0.3, -0.25) is 4.79 Å². The molecular formula is C14H10FNO2S. The molecule has 2 aromatic heterocycles. The van der Waals surface area contributed by atoms with E-state index in [1.54, 1.807) is 6.07 Å². The zero-order valence-corrected chi connectivity index (χ0v) is 10.7. The number of carboxylic acids is 1. The fourth-order valence-electron chi connectivity index (χ4n) is 2.05. The molecule has 0 aliphatic rings. The molecule has 0 unspecified atom stereocenters. The Bertz CT molecular complexity index is 760. The van der Waals surface area contributed by atoms with Gasteiger partial charge in [-0.2, -0.15) is 0 Å². The van der Waals surface area contributed by atoms with E-state index >= 15 is 0 Å². The Morgan fingerprint density at radius 1 is 1.32 bits per heavy atom. The Morgan fingerprint density at radius 3 is 2.89 bits per heavy atom. The molecule has 96 valence electrons. The number of benzene rings is 1. The van der Waals surface area contributed by atoms with Gasteiger partial charge in [0.25, 0.3) is 0 Å². The van der Waals surface area contributed by atoms with Crippen molar-refractivity contribution in [2.45, 2.75) is 6.42 Å². The van der Waals surface area contributed by atoms with Crippen molar-refractivity contribution in [2.75, 3.05) is 0 Å². The second-order valence-corrected chi connectivity index (χ2v) is 5.13. The van der Waals surface area contributed by atoms with Crippen LogP contribution in [0.25, 0.3) is 16.0 Å². The lowest BCUT2D eigenvalue weighted by Gasteiger charge is -1.97. The molecule has 3 nitrogen and oxygen atoms in total. The monoisotopic (exact) mass is 275 g/mol. The average molecular weight is 275 g/mol. The number of carbonyl (C=O) groups is 1. The molecule has 19 heavy (non-hydrogen) atoms. The molecule has 3 rings (SSSR count). The summed E-state index contributed by atoms with van der Waals surface area (Å²) < 4.78 is 15.0. The molecular weight excluding hydrogens is 265 g/mol. The quantitative estimate of drug-likeness (QED) is 0.795. The Balaban J connectivity index is 2.07. The van der Waals surface area contributed by atoms with Gasteiger partial charge in [-0.1, -0.05) is 12.1 Å². The molecule has 5 heteroatoms. The number of aliphatic carboxylic acids is 1. The number of halogens is 1. The van der Waals surface area contributed by atoms with Crippen LogP contribution in [-0.2, 0) is 11.2 Å². The summed E-state index contributed by atoms with van der Waals surface area (Å²) in [6.45, 7) is 0. The van der Waals surface area contributed by atoms with E-state index in [2.05, 4.69) is 0 Å². The molecule has 1 N–H and O–H groups in total. The molecule has 0 fully saturated rings. The molecule has 1 aromatic carbocycles. The summed E-state index contributed by atoms with van der Waals surface area (Å²) in [6.07, 6.45) is 1.83. The zero-order chi connectivity index (χ0) is 13.4.